The van der Waals surface area contributed by atoms with Gasteiger partial charge in [-0.05, 0) is 24.5 Å². The minimum absolute atomic E-state index is 0.164. The molecule has 0 fully saturated rings. The Morgan fingerprint density at radius 2 is 2.11 bits per heavy atom. The highest BCUT2D eigenvalue weighted by molar-refractivity contribution is 5.94. The number of hydrogen-bond acceptors (Lipinski definition) is 4. The van der Waals surface area contributed by atoms with E-state index in [-0.39, 0.29) is 5.91 Å². The first-order valence-electron chi connectivity index (χ1n) is 6.10. The molecule has 0 saturated carbocycles. The maximum atomic E-state index is 11.8. The predicted molar refractivity (Wildman–Crippen MR) is 74.6 cm³/mol. The predicted octanol–water partition coefficient (Wildman–Crippen LogP) is 1.46. The van der Waals surface area contributed by atoms with E-state index in [2.05, 4.69) is 10.3 Å². The van der Waals surface area contributed by atoms with Crippen molar-refractivity contribution in [1.29, 1.82) is 0 Å². The van der Waals surface area contributed by atoms with Crippen LogP contribution >= 0.6 is 0 Å². The second-order valence-electron chi connectivity index (χ2n) is 5.02. The first-order valence-corrected chi connectivity index (χ1v) is 6.10. The first kappa shape index (κ1) is 14.4. The number of carbonyl (C=O) groups is 1. The van der Waals surface area contributed by atoms with Gasteiger partial charge in [0.05, 0.1) is 17.9 Å². The molecule has 0 aliphatic heterocycles. The third-order valence-corrected chi connectivity index (χ3v) is 2.54. The van der Waals surface area contributed by atoms with Gasteiger partial charge in [-0.3, -0.25) is 4.79 Å². The number of nitrogens with one attached hydrogen (secondary N) is 1. The van der Waals surface area contributed by atoms with Gasteiger partial charge in [0, 0.05) is 14.1 Å². The van der Waals surface area contributed by atoms with E-state index < -0.39 is 6.04 Å². The van der Waals surface area contributed by atoms with Gasteiger partial charge in [0.2, 0.25) is 5.91 Å². The molecule has 1 amide bonds. The summed E-state index contributed by atoms with van der Waals surface area (Å²) < 4.78 is 0. The van der Waals surface area contributed by atoms with Crippen molar-refractivity contribution in [1.82, 2.24) is 4.98 Å². The summed E-state index contributed by atoms with van der Waals surface area (Å²) in [5.74, 6) is 1.09. The van der Waals surface area contributed by atoms with Crippen LogP contribution in [0.2, 0.25) is 0 Å². The molecular weight excluding hydrogens is 228 g/mol. The summed E-state index contributed by atoms with van der Waals surface area (Å²) in [6.07, 6.45) is 2.31. The quantitative estimate of drug-likeness (QED) is 0.830. The van der Waals surface area contributed by atoms with Crippen molar-refractivity contribution in [3.8, 4) is 0 Å². The van der Waals surface area contributed by atoms with Crippen molar-refractivity contribution in [2.24, 2.45) is 11.7 Å². The van der Waals surface area contributed by atoms with E-state index >= 15 is 0 Å². The van der Waals surface area contributed by atoms with Crippen LogP contribution in [0.15, 0.2) is 18.3 Å². The molecule has 0 aliphatic carbocycles. The maximum Gasteiger partial charge on any atom is 0.241 e. The molecule has 1 aromatic heterocycles. The number of hydrogen-bond donors (Lipinski definition) is 2. The molecule has 0 radical (unpaired) electrons. The van der Waals surface area contributed by atoms with Crippen LogP contribution in [0.3, 0.4) is 0 Å². The van der Waals surface area contributed by atoms with Crippen molar-refractivity contribution in [2.45, 2.75) is 26.3 Å². The summed E-state index contributed by atoms with van der Waals surface area (Å²) in [6.45, 7) is 4.08. The molecule has 18 heavy (non-hydrogen) atoms. The van der Waals surface area contributed by atoms with E-state index in [1.807, 2.05) is 45.0 Å². The van der Waals surface area contributed by atoms with Gasteiger partial charge in [-0.15, -0.1) is 0 Å². The first-order chi connectivity index (χ1) is 8.40. The van der Waals surface area contributed by atoms with Gasteiger partial charge in [0.25, 0.3) is 0 Å². The Labute approximate surface area is 108 Å². The number of rotatable bonds is 5. The molecule has 3 N–H and O–H groups in total. The van der Waals surface area contributed by atoms with E-state index in [0.717, 1.165) is 5.82 Å². The van der Waals surface area contributed by atoms with Crippen molar-refractivity contribution < 1.29 is 4.79 Å². The average Bonchev–Trinajstić information content (AvgIpc) is 2.28. The van der Waals surface area contributed by atoms with E-state index in [0.29, 0.717) is 18.0 Å². The highest BCUT2D eigenvalue weighted by Gasteiger charge is 2.15. The minimum atomic E-state index is -0.474. The largest absolute Gasteiger partial charge is 0.363 e. The highest BCUT2D eigenvalue weighted by atomic mass is 16.2. The van der Waals surface area contributed by atoms with E-state index in [9.17, 15) is 4.79 Å². The summed E-state index contributed by atoms with van der Waals surface area (Å²) in [7, 11) is 3.83. The second-order valence-corrected chi connectivity index (χ2v) is 5.02. The number of anilines is 2. The summed E-state index contributed by atoms with van der Waals surface area (Å²) in [5.41, 5.74) is 6.47. The molecule has 0 aliphatic rings. The molecule has 0 spiro atoms. The Hall–Kier alpha value is -1.62. The van der Waals surface area contributed by atoms with Crippen LogP contribution in [0.1, 0.15) is 20.3 Å². The zero-order valence-electron chi connectivity index (χ0n) is 11.5. The van der Waals surface area contributed by atoms with Crippen molar-refractivity contribution in [2.75, 3.05) is 24.3 Å². The Balaban J connectivity index is 2.59. The molecule has 1 atom stereocenters. The number of carbonyl (C=O) groups excluding carboxylic acids is 1. The molecule has 0 unspecified atom stereocenters. The summed E-state index contributed by atoms with van der Waals surface area (Å²) in [5, 5.41) is 2.77. The average molecular weight is 250 g/mol. The van der Waals surface area contributed by atoms with Crippen LogP contribution < -0.4 is 16.0 Å². The Kier molecular flexibility index (Phi) is 5.09. The van der Waals surface area contributed by atoms with E-state index in [4.69, 9.17) is 5.73 Å². The Bertz CT molecular complexity index is 386. The molecule has 5 nitrogen and oxygen atoms in total. The molecular formula is C13H22N4O. The zero-order chi connectivity index (χ0) is 13.7. The van der Waals surface area contributed by atoms with Gasteiger partial charge in [-0.25, -0.2) is 4.98 Å². The van der Waals surface area contributed by atoms with Crippen molar-refractivity contribution in [3.63, 3.8) is 0 Å². The van der Waals surface area contributed by atoms with E-state index in [1.165, 1.54) is 0 Å². The van der Waals surface area contributed by atoms with Crippen molar-refractivity contribution >= 4 is 17.4 Å². The van der Waals surface area contributed by atoms with Crippen LogP contribution in [0, 0.1) is 5.92 Å². The SMILES string of the molecule is CC(C)C[C@H](N)C(=O)Nc1ccc(N(C)C)nc1. The number of aromatic nitrogens is 1. The zero-order valence-corrected chi connectivity index (χ0v) is 11.5. The van der Waals surface area contributed by atoms with Gasteiger partial charge >= 0.3 is 0 Å². The Morgan fingerprint density at radius 1 is 1.44 bits per heavy atom. The van der Waals surface area contributed by atoms with Crippen LogP contribution in [-0.2, 0) is 4.79 Å². The topological polar surface area (TPSA) is 71.2 Å². The van der Waals surface area contributed by atoms with E-state index in [1.54, 1.807) is 6.20 Å². The number of amides is 1. The van der Waals surface area contributed by atoms with Crippen molar-refractivity contribution in [3.05, 3.63) is 18.3 Å². The van der Waals surface area contributed by atoms with Gasteiger partial charge < -0.3 is 16.0 Å². The molecule has 1 aromatic rings. The smallest absolute Gasteiger partial charge is 0.241 e. The lowest BCUT2D eigenvalue weighted by molar-refractivity contribution is -0.117. The Morgan fingerprint density at radius 3 is 2.56 bits per heavy atom. The highest BCUT2D eigenvalue weighted by Crippen LogP contribution is 2.12. The molecule has 5 heteroatoms. The number of nitrogens with two attached hydrogens (primary N) is 1. The standard InChI is InChI=1S/C13H22N4O/c1-9(2)7-11(14)13(18)16-10-5-6-12(15-8-10)17(3)4/h5-6,8-9,11H,7,14H2,1-4H3,(H,16,18)/t11-/m0/s1. The minimum Gasteiger partial charge on any atom is -0.363 e. The third kappa shape index (κ3) is 4.33. The molecule has 1 rings (SSSR count). The van der Waals surface area contributed by atoms with Crippen LogP contribution in [0.4, 0.5) is 11.5 Å². The van der Waals surface area contributed by atoms with Gasteiger partial charge in [0.1, 0.15) is 5.82 Å². The third-order valence-electron chi connectivity index (χ3n) is 2.54. The van der Waals surface area contributed by atoms with Crippen LogP contribution in [0.25, 0.3) is 0 Å². The van der Waals surface area contributed by atoms with Gasteiger partial charge in [-0.1, -0.05) is 13.8 Å². The second kappa shape index (κ2) is 6.35. The maximum absolute atomic E-state index is 11.8. The van der Waals surface area contributed by atoms with Gasteiger partial charge in [0.15, 0.2) is 0 Å². The lowest BCUT2D eigenvalue weighted by Gasteiger charge is -2.15. The molecule has 0 aromatic carbocycles. The van der Waals surface area contributed by atoms with Crippen LogP contribution in [0.5, 0.6) is 0 Å². The molecule has 100 valence electrons. The lowest BCUT2D eigenvalue weighted by atomic mass is 10.0. The number of nitrogens with zero attached hydrogens (tertiary/aromatic N) is 2. The fourth-order valence-electron chi connectivity index (χ4n) is 1.57. The monoisotopic (exact) mass is 250 g/mol. The van der Waals surface area contributed by atoms with Crippen LogP contribution in [-0.4, -0.2) is 31.0 Å². The fourth-order valence-corrected chi connectivity index (χ4v) is 1.57. The molecule has 0 bridgehead atoms. The number of pyridine rings is 1. The fraction of sp³-hybridized carbons (Fsp3) is 0.538. The summed E-state index contributed by atoms with van der Waals surface area (Å²) in [6, 6.07) is 3.20. The van der Waals surface area contributed by atoms with Gasteiger partial charge in [-0.2, -0.15) is 0 Å². The summed E-state index contributed by atoms with van der Waals surface area (Å²) in [4.78, 5) is 17.9. The molecule has 1 heterocycles. The summed E-state index contributed by atoms with van der Waals surface area (Å²) >= 11 is 0. The molecule has 0 saturated heterocycles. The normalized spacial score (nSPS) is 12.3. The lowest BCUT2D eigenvalue weighted by Crippen LogP contribution is -2.36.